The van der Waals surface area contributed by atoms with Crippen LogP contribution >= 0.6 is 11.3 Å². The van der Waals surface area contributed by atoms with E-state index >= 15 is 0 Å². The van der Waals surface area contributed by atoms with Crippen LogP contribution in [0.25, 0.3) is 0 Å². The van der Waals surface area contributed by atoms with E-state index in [0.29, 0.717) is 17.0 Å². The lowest BCUT2D eigenvalue weighted by molar-refractivity contribution is -0.141. The van der Waals surface area contributed by atoms with Crippen molar-refractivity contribution in [1.29, 1.82) is 0 Å². The molecule has 20 heavy (non-hydrogen) atoms. The smallest absolute Gasteiger partial charge is 0.306 e. The summed E-state index contributed by atoms with van der Waals surface area (Å²) in [6, 6.07) is 0. The van der Waals surface area contributed by atoms with Crippen LogP contribution in [0, 0.1) is 6.92 Å². The first-order valence-corrected chi connectivity index (χ1v) is 7.01. The summed E-state index contributed by atoms with van der Waals surface area (Å²) in [5.74, 6) is -1.36. The number of anilines is 1. The Labute approximate surface area is 121 Å². The van der Waals surface area contributed by atoms with Gasteiger partial charge in [-0.1, -0.05) is 6.92 Å². The zero-order valence-corrected chi connectivity index (χ0v) is 12.6. The van der Waals surface area contributed by atoms with Crippen LogP contribution < -0.4 is 11.1 Å². The number of rotatable bonds is 6. The number of hydrogen-bond donors (Lipinski definition) is 2. The molecule has 0 saturated carbocycles. The van der Waals surface area contributed by atoms with Gasteiger partial charge >= 0.3 is 5.97 Å². The third-order valence-electron chi connectivity index (χ3n) is 2.85. The molecule has 0 saturated heterocycles. The van der Waals surface area contributed by atoms with E-state index in [9.17, 15) is 14.4 Å². The van der Waals surface area contributed by atoms with E-state index in [1.165, 1.54) is 18.4 Å². The molecule has 1 heterocycles. The molecule has 0 atom stereocenters. The molecule has 0 aliphatic heterocycles. The number of aryl methyl sites for hydroxylation is 1. The number of nitrogens with two attached hydrogens (primary N) is 1. The Morgan fingerprint density at radius 1 is 1.30 bits per heavy atom. The number of primary amides is 1. The number of amides is 2. The van der Waals surface area contributed by atoms with E-state index in [0.717, 1.165) is 10.4 Å². The van der Waals surface area contributed by atoms with E-state index in [-0.39, 0.29) is 18.7 Å². The van der Waals surface area contributed by atoms with E-state index in [4.69, 9.17) is 5.73 Å². The fourth-order valence-electron chi connectivity index (χ4n) is 1.86. The van der Waals surface area contributed by atoms with Crippen LogP contribution in [0.1, 0.15) is 40.6 Å². The molecular weight excluding hydrogens is 280 g/mol. The summed E-state index contributed by atoms with van der Waals surface area (Å²) in [4.78, 5) is 35.2. The Kier molecular flexibility index (Phi) is 5.69. The van der Waals surface area contributed by atoms with Crippen molar-refractivity contribution in [3.63, 3.8) is 0 Å². The summed E-state index contributed by atoms with van der Waals surface area (Å²) in [7, 11) is 1.27. The summed E-state index contributed by atoms with van der Waals surface area (Å²) >= 11 is 1.31. The number of hydrogen-bond acceptors (Lipinski definition) is 5. The highest BCUT2D eigenvalue weighted by atomic mass is 32.1. The van der Waals surface area contributed by atoms with Gasteiger partial charge in [0.2, 0.25) is 5.91 Å². The quantitative estimate of drug-likeness (QED) is 0.779. The minimum atomic E-state index is -0.561. The van der Waals surface area contributed by atoms with Crippen LogP contribution in [0.2, 0.25) is 0 Å². The maximum Gasteiger partial charge on any atom is 0.306 e. The van der Waals surface area contributed by atoms with Gasteiger partial charge in [-0.15, -0.1) is 11.3 Å². The first kappa shape index (κ1) is 16.2. The predicted octanol–water partition coefficient (Wildman–Crippen LogP) is 1.61. The van der Waals surface area contributed by atoms with Gasteiger partial charge < -0.3 is 15.8 Å². The predicted molar refractivity (Wildman–Crippen MR) is 76.8 cm³/mol. The average molecular weight is 298 g/mol. The molecule has 2 amide bonds. The Morgan fingerprint density at radius 2 is 1.95 bits per heavy atom. The summed E-state index contributed by atoms with van der Waals surface area (Å²) in [5.41, 5.74) is 6.58. The third-order valence-corrected chi connectivity index (χ3v) is 3.91. The second-order valence-corrected chi connectivity index (χ2v) is 5.41. The number of carbonyl (C=O) groups excluding carboxylic acids is 3. The first-order chi connectivity index (χ1) is 9.40. The van der Waals surface area contributed by atoms with Gasteiger partial charge in [0.05, 0.1) is 19.1 Å². The van der Waals surface area contributed by atoms with E-state index in [2.05, 4.69) is 10.1 Å². The molecular formula is C13H18N2O4S. The fraction of sp³-hybridized carbons (Fsp3) is 0.462. The first-order valence-electron chi connectivity index (χ1n) is 6.19. The van der Waals surface area contributed by atoms with Crippen LogP contribution in [0.3, 0.4) is 0 Å². The molecule has 7 heteroatoms. The molecule has 0 bridgehead atoms. The standard InChI is InChI=1S/C13H18N2O4S/c1-4-8-7(2)20-13(11(8)12(14)18)15-9(16)5-6-10(17)19-3/h4-6H2,1-3H3,(H2,14,18)(H,15,16). The Bertz CT molecular complexity index is 537. The number of methoxy groups -OCH3 is 1. The monoisotopic (exact) mass is 298 g/mol. The highest BCUT2D eigenvalue weighted by molar-refractivity contribution is 7.16. The molecule has 0 aliphatic carbocycles. The van der Waals surface area contributed by atoms with Crippen LogP contribution in [0.15, 0.2) is 0 Å². The van der Waals surface area contributed by atoms with Crippen molar-refractivity contribution in [2.75, 3.05) is 12.4 Å². The highest BCUT2D eigenvalue weighted by Crippen LogP contribution is 2.33. The van der Waals surface area contributed by atoms with Crippen molar-refractivity contribution in [2.45, 2.75) is 33.1 Å². The SMILES string of the molecule is CCc1c(C)sc(NC(=O)CCC(=O)OC)c1C(N)=O. The molecule has 6 nitrogen and oxygen atoms in total. The third kappa shape index (κ3) is 3.80. The molecule has 0 unspecified atom stereocenters. The van der Waals surface area contributed by atoms with Gasteiger partial charge in [0.15, 0.2) is 0 Å². The van der Waals surface area contributed by atoms with E-state index < -0.39 is 11.9 Å². The molecule has 0 aromatic carbocycles. The molecule has 0 fully saturated rings. The van der Waals surface area contributed by atoms with Gasteiger partial charge in [0, 0.05) is 11.3 Å². The second kappa shape index (κ2) is 7.04. The number of nitrogens with one attached hydrogen (secondary N) is 1. The molecule has 0 spiro atoms. The van der Waals surface area contributed by atoms with Crippen LogP contribution in [-0.4, -0.2) is 24.9 Å². The fourth-order valence-corrected chi connectivity index (χ4v) is 3.03. The van der Waals surface area contributed by atoms with Crippen LogP contribution in [0.4, 0.5) is 5.00 Å². The summed E-state index contributed by atoms with van der Waals surface area (Å²) < 4.78 is 4.46. The number of ether oxygens (including phenoxy) is 1. The van der Waals surface area contributed by atoms with Crippen molar-refractivity contribution < 1.29 is 19.1 Å². The lowest BCUT2D eigenvalue weighted by atomic mass is 10.1. The largest absolute Gasteiger partial charge is 0.469 e. The minimum Gasteiger partial charge on any atom is -0.469 e. The van der Waals surface area contributed by atoms with Gasteiger partial charge in [-0.05, 0) is 18.9 Å². The van der Waals surface area contributed by atoms with Gasteiger partial charge in [0.25, 0.3) is 5.91 Å². The zero-order valence-electron chi connectivity index (χ0n) is 11.7. The van der Waals surface area contributed by atoms with Crippen LogP contribution in [-0.2, 0) is 20.7 Å². The number of thiophene rings is 1. The van der Waals surface area contributed by atoms with Crippen molar-refractivity contribution in [3.8, 4) is 0 Å². The molecule has 0 radical (unpaired) electrons. The maximum atomic E-state index is 11.8. The number of carbonyl (C=O) groups is 3. The van der Waals surface area contributed by atoms with E-state index in [1.807, 2.05) is 13.8 Å². The molecule has 3 N–H and O–H groups in total. The van der Waals surface area contributed by atoms with Gasteiger partial charge in [-0.3, -0.25) is 14.4 Å². The topological polar surface area (TPSA) is 98.5 Å². The summed E-state index contributed by atoms with van der Waals surface area (Å²) in [6.45, 7) is 3.80. The molecule has 1 aromatic rings. The van der Waals surface area contributed by atoms with E-state index in [1.54, 1.807) is 0 Å². The Morgan fingerprint density at radius 3 is 2.45 bits per heavy atom. The number of esters is 1. The van der Waals surface area contributed by atoms with Gasteiger partial charge in [-0.25, -0.2) is 0 Å². The highest BCUT2D eigenvalue weighted by Gasteiger charge is 2.20. The van der Waals surface area contributed by atoms with Gasteiger partial charge in [0.1, 0.15) is 5.00 Å². The average Bonchev–Trinajstić information content (AvgIpc) is 2.71. The summed E-state index contributed by atoms with van der Waals surface area (Å²) in [5, 5.41) is 3.08. The van der Waals surface area contributed by atoms with Crippen molar-refractivity contribution >= 4 is 34.1 Å². The van der Waals surface area contributed by atoms with Crippen LogP contribution in [0.5, 0.6) is 0 Å². The lowest BCUT2D eigenvalue weighted by Crippen LogP contribution is -2.18. The molecule has 110 valence electrons. The van der Waals surface area contributed by atoms with Crippen molar-refractivity contribution in [2.24, 2.45) is 5.73 Å². The summed E-state index contributed by atoms with van der Waals surface area (Å²) in [6.07, 6.45) is 0.668. The molecule has 1 aromatic heterocycles. The van der Waals surface area contributed by atoms with Crippen molar-refractivity contribution in [1.82, 2.24) is 0 Å². The molecule has 1 rings (SSSR count). The second-order valence-electron chi connectivity index (χ2n) is 4.18. The Balaban J connectivity index is 2.84. The maximum absolute atomic E-state index is 11.8. The normalized spacial score (nSPS) is 10.2. The lowest BCUT2D eigenvalue weighted by Gasteiger charge is -2.05. The minimum absolute atomic E-state index is 0.000763. The zero-order chi connectivity index (χ0) is 15.3. The molecule has 0 aliphatic rings. The van der Waals surface area contributed by atoms with Gasteiger partial charge in [-0.2, -0.15) is 0 Å². The Hall–Kier alpha value is -1.89. The van der Waals surface area contributed by atoms with Crippen molar-refractivity contribution in [3.05, 3.63) is 16.0 Å².